The van der Waals surface area contributed by atoms with Crippen molar-refractivity contribution in [1.82, 2.24) is 14.8 Å². The lowest BCUT2D eigenvalue weighted by Gasteiger charge is -2.52. The molecule has 1 aromatic carbocycles. The Labute approximate surface area is 169 Å². The lowest BCUT2D eigenvalue weighted by Crippen LogP contribution is -2.64. The Morgan fingerprint density at radius 1 is 1.21 bits per heavy atom. The average Bonchev–Trinajstić information content (AvgIpc) is 2.73. The summed E-state index contributed by atoms with van der Waals surface area (Å²) < 4.78 is 18.8. The average molecular weight is 397 g/mol. The van der Waals surface area contributed by atoms with Crippen LogP contribution in [0.15, 0.2) is 48.8 Å². The normalized spacial score (nSPS) is 22.5. The van der Waals surface area contributed by atoms with Gasteiger partial charge in [-0.2, -0.15) is 0 Å². The minimum absolute atomic E-state index is 0.00107. The molecule has 4 rings (SSSR count). The zero-order valence-corrected chi connectivity index (χ0v) is 16.3. The maximum atomic E-state index is 13.3. The van der Waals surface area contributed by atoms with Crippen molar-refractivity contribution < 1.29 is 18.7 Å². The number of rotatable bonds is 5. The second kappa shape index (κ2) is 8.29. The number of aromatic nitrogens is 1. The van der Waals surface area contributed by atoms with E-state index in [1.807, 2.05) is 17.0 Å². The molecule has 6 nitrogen and oxygen atoms in total. The highest BCUT2D eigenvalue weighted by Gasteiger charge is 2.51. The second-order valence-corrected chi connectivity index (χ2v) is 7.55. The number of methoxy groups -OCH3 is 1. The van der Waals surface area contributed by atoms with Crippen LogP contribution in [0, 0.1) is 5.82 Å². The van der Waals surface area contributed by atoms with Crippen LogP contribution in [0.3, 0.4) is 0 Å². The van der Waals surface area contributed by atoms with E-state index < -0.39 is 6.10 Å². The number of halogens is 1. The van der Waals surface area contributed by atoms with Crippen molar-refractivity contribution in [3.63, 3.8) is 0 Å². The Hall–Kier alpha value is -2.80. The van der Waals surface area contributed by atoms with Gasteiger partial charge in [0.05, 0.1) is 12.5 Å². The molecule has 2 aromatic rings. The summed E-state index contributed by atoms with van der Waals surface area (Å²) in [5.41, 5.74) is 1.69. The predicted octanol–water partition coefficient (Wildman–Crippen LogP) is 2.35. The van der Waals surface area contributed by atoms with Gasteiger partial charge in [-0.1, -0.05) is 12.1 Å². The van der Waals surface area contributed by atoms with Gasteiger partial charge in [-0.15, -0.1) is 0 Å². The van der Waals surface area contributed by atoms with Gasteiger partial charge in [0.1, 0.15) is 5.82 Å². The smallest absolute Gasteiger partial charge is 0.255 e. The number of ether oxygens (including phenoxy) is 1. The van der Waals surface area contributed by atoms with E-state index in [1.54, 1.807) is 36.5 Å². The number of piperidine rings is 1. The summed E-state index contributed by atoms with van der Waals surface area (Å²) >= 11 is 0. The number of benzene rings is 1. The number of β-lactam (4-membered cyclic amide) rings is 1. The predicted molar refractivity (Wildman–Crippen MR) is 104 cm³/mol. The molecule has 0 unspecified atom stereocenters. The molecule has 0 saturated carbocycles. The molecule has 0 radical (unpaired) electrons. The Morgan fingerprint density at radius 3 is 2.59 bits per heavy atom. The Morgan fingerprint density at radius 2 is 1.93 bits per heavy atom. The Kier molecular flexibility index (Phi) is 5.58. The van der Waals surface area contributed by atoms with Crippen molar-refractivity contribution in [3.05, 3.63) is 65.7 Å². The summed E-state index contributed by atoms with van der Waals surface area (Å²) in [5.74, 6) is -0.344. The fraction of sp³-hybridized carbons (Fsp3) is 0.409. The minimum atomic E-state index is -0.468. The van der Waals surface area contributed by atoms with Crippen LogP contribution in [-0.4, -0.2) is 58.9 Å². The van der Waals surface area contributed by atoms with E-state index in [9.17, 15) is 14.0 Å². The van der Waals surface area contributed by atoms with Crippen molar-refractivity contribution >= 4 is 11.8 Å². The summed E-state index contributed by atoms with van der Waals surface area (Å²) in [6.45, 7) is 1.17. The standard InChI is InChI=1S/C22H24FN3O3/c1-29-21-20(16-5-9-24-10-6-16)26(22(21)28)18-7-11-25(12-8-18)19(27)14-15-3-2-4-17(23)13-15/h2-6,9-10,13,18,20-21H,7-8,11-12,14H2,1H3/t20-,21+/m0/s1. The monoisotopic (exact) mass is 397 g/mol. The van der Waals surface area contributed by atoms with Crippen molar-refractivity contribution in [2.24, 2.45) is 0 Å². The number of hydrogen-bond acceptors (Lipinski definition) is 4. The van der Waals surface area contributed by atoms with Gasteiger partial charge in [-0.3, -0.25) is 14.6 Å². The highest BCUT2D eigenvalue weighted by Crippen LogP contribution is 2.40. The molecule has 0 aliphatic carbocycles. The topological polar surface area (TPSA) is 62.7 Å². The van der Waals surface area contributed by atoms with Crippen LogP contribution in [0.2, 0.25) is 0 Å². The van der Waals surface area contributed by atoms with Gasteiger partial charge in [-0.05, 0) is 48.2 Å². The third kappa shape index (κ3) is 3.87. The molecule has 2 aliphatic rings. The zero-order chi connectivity index (χ0) is 20.4. The lowest BCUT2D eigenvalue weighted by atomic mass is 9.86. The van der Waals surface area contributed by atoms with E-state index >= 15 is 0 Å². The highest BCUT2D eigenvalue weighted by molar-refractivity contribution is 5.89. The summed E-state index contributed by atoms with van der Waals surface area (Å²) in [6.07, 6.45) is 4.60. The number of likely N-dealkylation sites (tertiary alicyclic amines) is 2. The van der Waals surface area contributed by atoms with Gasteiger partial charge in [0, 0.05) is 38.6 Å². The molecule has 2 aliphatic heterocycles. The number of pyridine rings is 1. The maximum absolute atomic E-state index is 13.3. The summed E-state index contributed by atoms with van der Waals surface area (Å²) in [7, 11) is 1.56. The maximum Gasteiger partial charge on any atom is 0.255 e. The van der Waals surface area contributed by atoms with E-state index in [0.717, 1.165) is 18.4 Å². The Bertz CT molecular complexity index is 884. The van der Waals surface area contributed by atoms with Gasteiger partial charge in [0.2, 0.25) is 5.91 Å². The summed E-state index contributed by atoms with van der Waals surface area (Å²) in [6, 6.07) is 9.92. The number of nitrogens with zero attached hydrogens (tertiary/aromatic N) is 3. The van der Waals surface area contributed by atoms with Crippen LogP contribution in [0.4, 0.5) is 4.39 Å². The molecule has 0 bridgehead atoms. The summed E-state index contributed by atoms with van der Waals surface area (Å²) in [4.78, 5) is 33.0. The molecule has 29 heavy (non-hydrogen) atoms. The highest BCUT2D eigenvalue weighted by atomic mass is 19.1. The fourth-order valence-electron chi connectivity index (χ4n) is 4.34. The first kappa shape index (κ1) is 19.5. The van der Waals surface area contributed by atoms with Gasteiger partial charge < -0.3 is 14.5 Å². The molecular formula is C22H24FN3O3. The van der Waals surface area contributed by atoms with Crippen LogP contribution in [0.1, 0.15) is 30.0 Å². The molecule has 2 saturated heterocycles. The quantitative estimate of drug-likeness (QED) is 0.727. The number of amides is 2. The first-order valence-corrected chi connectivity index (χ1v) is 9.85. The van der Waals surface area contributed by atoms with Crippen LogP contribution in [0.5, 0.6) is 0 Å². The number of hydrogen-bond donors (Lipinski definition) is 0. The van der Waals surface area contributed by atoms with Gasteiger partial charge in [0.25, 0.3) is 5.91 Å². The van der Waals surface area contributed by atoms with Crippen LogP contribution in [0.25, 0.3) is 0 Å². The summed E-state index contributed by atoms with van der Waals surface area (Å²) in [5, 5.41) is 0. The lowest BCUT2D eigenvalue weighted by molar-refractivity contribution is -0.178. The molecule has 1 aromatic heterocycles. The fourth-order valence-corrected chi connectivity index (χ4v) is 4.34. The molecule has 3 heterocycles. The van der Waals surface area contributed by atoms with E-state index in [2.05, 4.69) is 4.98 Å². The molecule has 2 fully saturated rings. The molecule has 2 amide bonds. The van der Waals surface area contributed by atoms with Gasteiger partial charge >= 0.3 is 0 Å². The first-order valence-electron chi connectivity index (χ1n) is 9.85. The zero-order valence-electron chi connectivity index (χ0n) is 16.3. The van der Waals surface area contributed by atoms with Gasteiger partial charge in [0.15, 0.2) is 6.10 Å². The third-order valence-electron chi connectivity index (χ3n) is 5.84. The largest absolute Gasteiger partial charge is 0.369 e. The third-order valence-corrected chi connectivity index (χ3v) is 5.84. The van der Waals surface area contributed by atoms with Crippen LogP contribution in [-0.2, 0) is 20.7 Å². The van der Waals surface area contributed by atoms with E-state index in [-0.39, 0.29) is 36.1 Å². The van der Waals surface area contributed by atoms with Crippen molar-refractivity contribution in [3.8, 4) is 0 Å². The first-order chi connectivity index (χ1) is 14.1. The molecular weight excluding hydrogens is 373 g/mol. The van der Waals surface area contributed by atoms with Crippen LogP contribution >= 0.6 is 0 Å². The van der Waals surface area contributed by atoms with Crippen molar-refractivity contribution in [2.75, 3.05) is 20.2 Å². The van der Waals surface area contributed by atoms with Crippen molar-refractivity contribution in [2.45, 2.75) is 37.5 Å². The number of carbonyl (C=O) groups excluding carboxylic acids is 2. The van der Waals surface area contributed by atoms with Gasteiger partial charge in [-0.25, -0.2) is 4.39 Å². The molecule has 7 heteroatoms. The van der Waals surface area contributed by atoms with E-state index in [0.29, 0.717) is 18.7 Å². The second-order valence-electron chi connectivity index (χ2n) is 7.55. The van der Waals surface area contributed by atoms with E-state index in [4.69, 9.17) is 4.74 Å². The molecule has 0 spiro atoms. The van der Waals surface area contributed by atoms with E-state index in [1.165, 1.54) is 12.1 Å². The number of carbonyl (C=O) groups is 2. The molecule has 152 valence electrons. The molecule has 2 atom stereocenters. The van der Waals surface area contributed by atoms with Crippen LogP contribution < -0.4 is 0 Å². The SMILES string of the molecule is CO[C@H]1C(=O)N(C2CCN(C(=O)Cc3cccc(F)c3)CC2)[C@H]1c1ccncc1. The Balaban J connectivity index is 1.38. The van der Waals surface area contributed by atoms with Crippen molar-refractivity contribution in [1.29, 1.82) is 0 Å². The minimum Gasteiger partial charge on any atom is -0.369 e. The molecule has 0 N–H and O–H groups in total.